The summed E-state index contributed by atoms with van der Waals surface area (Å²) in [7, 11) is 0. The number of benzene rings is 3. The topological polar surface area (TPSA) is 122 Å². The quantitative estimate of drug-likeness (QED) is 0.308. The number of aliphatic imine (C=N–C) groups is 1. The summed E-state index contributed by atoms with van der Waals surface area (Å²) in [4.78, 5) is 50.7. The van der Waals surface area contributed by atoms with E-state index in [1.165, 1.54) is 11.0 Å². The Bertz CT molecular complexity index is 1670. The second kappa shape index (κ2) is 13.7. The van der Waals surface area contributed by atoms with Gasteiger partial charge in [0.15, 0.2) is 12.1 Å². The zero-order chi connectivity index (χ0) is 32.1. The number of fused-ring (bicyclic) bond motifs is 1. The lowest BCUT2D eigenvalue weighted by Gasteiger charge is -2.25. The summed E-state index contributed by atoms with van der Waals surface area (Å²) in [5.74, 6) is -1.16. The maximum Gasteiger partial charge on any atom is 0.418 e. The van der Waals surface area contributed by atoms with Crippen molar-refractivity contribution in [1.29, 1.82) is 0 Å². The maximum atomic E-state index is 13.9. The highest BCUT2D eigenvalue weighted by molar-refractivity contribution is 9.18. The number of rotatable bonds is 8. The van der Waals surface area contributed by atoms with Crippen LogP contribution in [0.15, 0.2) is 82.9 Å². The van der Waals surface area contributed by atoms with E-state index in [1.54, 1.807) is 48.5 Å². The van der Waals surface area contributed by atoms with Crippen molar-refractivity contribution in [3.63, 3.8) is 0 Å². The molecule has 2 aliphatic rings. The number of benzodiazepines with no additional fused rings is 1. The van der Waals surface area contributed by atoms with E-state index in [0.717, 1.165) is 6.07 Å². The third kappa shape index (κ3) is 7.81. The molecule has 0 saturated carbocycles. The highest BCUT2D eigenvalue weighted by atomic mass is 79.9. The Labute approximate surface area is 268 Å². The molecule has 0 spiro atoms. The van der Waals surface area contributed by atoms with Gasteiger partial charge in [-0.1, -0.05) is 65.3 Å². The van der Waals surface area contributed by atoms with Crippen molar-refractivity contribution in [2.24, 2.45) is 10.1 Å². The highest BCUT2D eigenvalue weighted by Gasteiger charge is 2.36. The average Bonchev–Trinajstić information content (AvgIpc) is 3.40. The molecule has 3 amide bonds. The summed E-state index contributed by atoms with van der Waals surface area (Å²) >= 11 is 8.96. The molecule has 5 rings (SSSR count). The minimum Gasteiger partial charge on any atom is -0.446 e. The van der Waals surface area contributed by atoms with Gasteiger partial charge in [0, 0.05) is 22.6 Å². The molecular weight excluding hydrogens is 683 g/mol. The first kappa shape index (κ1) is 32.0. The van der Waals surface area contributed by atoms with Crippen molar-refractivity contribution >= 4 is 67.1 Å². The minimum atomic E-state index is -4.81. The summed E-state index contributed by atoms with van der Waals surface area (Å²) in [5, 5.41) is 8.41. The van der Waals surface area contributed by atoms with Crippen LogP contribution in [0.2, 0.25) is 5.02 Å². The summed E-state index contributed by atoms with van der Waals surface area (Å²) in [6.45, 7) is -0.891. The molecule has 15 heteroatoms. The molecule has 0 aromatic heterocycles. The summed E-state index contributed by atoms with van der Waals surface area (Å²) in [6.07, 6.45) is -5.95. The van der Waals surface area contributed by atoms with Crippen LogP contribution in [0, 0.1) is 0 Å². The number of nitrogens with one attached hydrogen (secondary N) is 2. The highest BCUT2D eigenvalue weighted by Crippen LogP contribution is 2.36. The van der Waals surface area contributed by atoms with Crippen LogP contribution >= 0.6 is 27.5 Å². The van der Waals surface area contributed by atoms with Crippen LogP contribution in [0.4, 0.5) is 29.3 Å². The first-order valence-electron chi connectivity index (χ1n) is 13.5. The Kier molecular flexibility index (Phi) is 9.73. The lowest BCUT2D eigenvalue weighted by molar-refractivity contribution is -0.137. The van der Waals surface area contributed by atoms with Crippen molar-refractivity contribution in [3.8, 4) is 0 Å². The van der Waals surface area contributed by atoms with Crippen LogP contribution in [0.3, 0.4) is 0 Å². The molecule has 0 unspecified atom stereocenters. The van der Waals surface area contributed by atoms with Gasteiger partial charge < -0.3 is 19.8 Å². The van der Waals surface area contributed by atoms with Crippen molar-refractivity contribution in [2.75, 3.05) is 29.9 Å². The van der Waals surface area contributed by atoms with E-state index in [4.69, 9.17) is 21.2 Å². The molecule has 2 heterocycles. The number of ether oxygens (including phenoxy) is 1. The number of carbonyl (C=O) groups excluding carboxylic acids is 3. The monoisotopic (exact) mass is 705 g/mol. The van der Waals surface area contributed by atoms with Gasteiger partial charge in [0.05, 0.1) is 29.2 Å². The molecule has 2 N–H and O–H groups in total. The molecule has 0 saturated heterocycles. The fourth-order valence-corrected chi connectivity index (χ4v) is 5.29. The summed E-state index contributed by atoms with van der Waals surface area (Å²) in [6, 6.07) is 17.3. The Hall–Kier alpha value is -4.43. The van der Waals surface area contributed by atoms with Gasteiger partial charge in [0.2, 0.25) is 5.91 Å². The Morgan fingerprint density at radius 3 is 2.53 bits per heavy atom. The number of anilines is 2. The molecular formula is C30H24BrClF3N5O5. The van der Waals surface area contributed by atoms with Crippen molar-refractivity contribution in [1.82, 2.24) is 5.32 Å². The first-order chi connectivity index (χ1) is 21.5. The van der Waals surface area contributed by atoms with Crippen LogP contribution in [0.1, 0.15) is 23.1 Å². The Morgan fingerprint density at radius 2 is 1.82 bits per heavy atom. The van der Waals surface area contributed by atoms with Gasteiger partial charge in [-0.2, -0.15) is 13.2 Å². The molecule has 2 aliphatic heterocycles. The van der Waals surface area contributed by atoms with E-state index in [1.807, 2.05) is 6.07 Å². The van der Waals surface area contributed by atoms with Crippen LogP contribution in [0.5, 0.6) is 0 Å². The normalized spacial score (nSPS) is 17.8. The maximum absolute atomic E-state index is 13.9. The van der Waals surface area contributed by atoms with Crippen molar-refractivity contribution < 1.29 is 37.1 Å². The first-order valence-corrected chi connectivity index (χ1v) is 14.7. The van der Waals surface area contributed by atoms with Crippen molar-refractivity contribution in [2.45, 2.75) is 24.7 Å². The summed E-state index contributed by atoms with van der Waals surface area (Å²) in [5.41, 5.74) is 0.243. The number of oxime groups is 1. The smallest absolute Gasteiger partial charge is 0.418 e. The van der Waals surface area contributed by atoms with Gasteiger partial charge in [0.1, 0.15) is 17.8 Å². The number of carbonyl (C=O) groups is 3. The number of halogens is 5. The van der Waals surface area contributed by atoms with Gasteiger partial charge >= 0.3 is 12.3 Å². The van der Waals surface area contributed by atoms with Gasteiger partial charge in [-0.15, -0.1) is 0 Å². The number of hydrogen-bond donors (Lipinski definition) is 2. The predicted molar refractivity (Wildman–Crippen MR) is 165 cm³/mol. The van der Waals surface area contributed by atoms with Crippen LogP contribution < -0.4 is 15.5 Å². The van der Waals surface area contributed by atoms with E-state index in [2.05, 4.69) is 36.7 Å². The fraction of sp³-hybridized carbons (Fsp3) is 0.233. The second-order valence-corrected chi connectivity index (χ2v) is 11.3. The van der Waals surface area contributed by atoms with E-state index < -0.39 is 54.5 Å². The van der Waals surface area contributed by atoms with E-state index in [0.29, 0.717) is 39.6 Å². The number of alkyl halides is 3. The average molecular weight is 707 g/mol. The number of hydrogen-bond acceptors (Lipinski definition) is 7. The molecule has 10 nitrogen and oxygen atoms in total. The van der Waals surface area contributed by atoms with Gasteiger partial charge in [0.25, 0.3) is 5.91 Å². The lowest BCUT2D eigenvalue weighted by atomic mass is 10.0. The van der Waals surface area contributed by atoms with E-state index in [9.17, 15) is 27.6 Å². The van der Waals surface area contributed by atoms with Crippen molar-refractivity contribution in [3.05, 3.63) is 94.5 Å². The molecule has 0 fully saturated rings. The second-order valence-electron chi connectivity index (χ2n) is 9.92. The third-order valence-corrected chi connectivity index (χ3v) is 7.46. The van der Waals surface area contributed by atoms with E-state index in [-0.39, 0.29) is 17.7 Å². The zero-order valence-corrected chi connectivity index (χ0v) is 25.5. The number of amides is 3. The molecule has 2 atom stereocenters. The Morgan fingerprint density at radius 1 is 1.09 bits per heavy atom. The molecule has 45 heavy (non-hydrogen) atoms. The Balaban J connectivity index is 1.39. The number of para-hydroxylation sites is 1. The van der Waals surface area contributed by atoms with Crippen LogP contribution in [0.25, 0.3) is 0 Å². The molecule has 0 bridgehead atoms. The standard InChI is InChI=1S/C30H24BrClF3N5O5/c31-25-13-19(45-39-25)14-36-26(41)15-40-24-9-5-4-8-20(24)27(17-6-2-1-3-7-17)37-23(28(40)42)16-44-29(43)38-22-11-10-18(32)12-21(22)30(33,34)35/h1-12,19,23H,13-16H2,(H,36,41)(H,38,43)/t19-,23-/m1/s1. The fourth-order valence-electron chi connectivity index (χ4n) is 4.68. The zero-order valence-electron chi connectivity index (χ0n) is 23.2. The minimum absolute atomic E-state index is 0.143. The third-order valence-electron chi connectivity index (χ3n) is 6.75. The van der Waals surface area contributed by atoms with Gasteiger partial charge in [-0.25, -0.2) is 4.79 Å². The molecule has 234 valence electrons. The lowest BCUT2D eigenvalue weighted by Crippen LogP contribution is -2.47. The SMILES string of the molecule is O=C(CN1C(=O)[C@@H](COC(=O)Nc2ccc(Cl)cc2C(F)(F)F)N=C(c2ccccc2)c2ccccc21)NC[C@H]1CC(Br)=NO1. The largest absolute Gasteiger partial charge is 0.446 e. The molecule has 3 aromatic carbocycles. The van der Waals surface area contributed by atoms with Crippen LogP contribution in [-0.2, 0) is 25.3 Å². The predicted octanol–water partition coefficient (Wildman–Crippen LogP) is 5.77. The summed E-state index contributed by atoms with van der Waals surface area (Å²) < 4.78 is 46.4. The van der Waals surface area contributed by atoms with Gasteiger partial charge in [-0.3, -0.25) is 19.9 Å². The molecule has 0 radical (unpaired) electrons. The van der Waals surface area contributed by atoms with E-state index >= 15 is 0 Å². The molecule has 3 aromatic rings. The molecule has 0 aliphatic carbocycles. The number of nitrogens with zero attached hydrogens (tertiary/aromatic N) is 3. The van der Waals surface area contributed by atoms with Gasteiger partial charge in [-0.05, 0) is 40.2 Å². The van der Waals surface area contributed by atoms with Crippen LogP contribution in [-0.4, -0.2) is 60.1 Å².